The first-order valence-corrected chi connectivity index (χ1v) is 9.70. The normalized spacial score (nSPS) is 12.4. The molecule has 2 aromatic rings. The summed E-state index contributed by atoms with van der Waals surface area (Å²) in [7, 11) is 0. The third-order valence-corrected chi connectivity index (χ3v) is 5.13. The number of carbonyl (C=O) groups is 2. The summed E-state index contributed by atoms with van der Waals surface area (Å²) in [6.07, 6.45) is 0.432. The maximum Gasteiger partial charge on any atom is 0.418 e. The van der Waals surface area contributed by atoms with Gasteiger partial charge in [0.25, 0.3) is 0 Å². The molecule has 28 heavy (non-hydrogen) atoms. The molecule has 0 radical (unpaired) electrons. The molecule has 0 aliphatic rings. The van der Waals surface area contributed by atoms with Crippen LogP contribution in [0, 0.1) is 17.8 Å². The minimum atomic E-state index is -1.65. The summed E-state index contributed by atoms with van der Waals surface area (Å²) >= 11 is 7.38. The molecule has 2 rings (SSSR count). The van der Waals surface area contributed by atoms with Crippen molar-refractivity contribution in [3.05, 3.63) is 51.2 Å². The van der Waals surface area contributed by atoms with Crippen LogP contribution in [0.25, 0.3) is 0 Å². The second-order valence-electron chi connectivity index (χ2n) is 6.00. The monoisotopic (exact) mass is 421 g/mol. The number of nitrogens with two attached hydrogens (primary N) is 1. The van der Waals surface area contributed by atoms with Crippen molar-refractivity contribution in [2.24, 2.45) is 11.7 Å². The summed E-state index contributed by atoms with van der Waals surface area (Å²) < 4.78 is 10.2. The van der Waals surface area contributed by atoms with Crippen molar-refractivity contribution in [3.8, 4) is 17.6 Å². The number of benzene rings is 1. The van der Waals surface area contributed by atoms with Crippen LogP contribution < -0.4 is 10.5 Å². The predicted molar refractivity (Wildman–Crippen MR) is 107 cm³/mol. The van der Waals surface area contributed by atoms with Crippen LogP contribution in [0.1, 0.15) is 23.1 Å². The van der Waals surface area contributed by atoms with E-state index in [1.54, 1.807) is 35.6 Å². The number of halogens is 1. The zero-order chi connectivity index (χ0) is 20.5. The van der Waals surface area contributed by atoms with E-state index in [-0.39, 0.29) is 12.5 Å². The minimum Gasteiger partial charge on any atom is -0.481 e. The van der Waals surface area contributed by atoms with E-state index in [0.29, 0.717) is 17.2 Å². The zero-order valence-corrected chi connectivity index (χ0v) is 16.8. The summed E-state index contributed by atoms with van der Waals surface area (Å²) in [5, 5.41) is 9.18. The van der Waals surface area contributed by atoms with Crippen LogP contribution in [-0.2, 0) is 20.7 Å². The third kappa shape index (κ3) is 7.24. The van der Waals surface area contributed by atoms with Crippen LogP contribution in [0.2, 0.25) is 5.02 Å². The Hall–Kier alpha value is -2.53. The van der Waals surface area contributed by atoms with Gasteiger partial charge in [-0.25, -0.2) is 9.59 Å². The number of carboxylic acid groups (broad SMARTS) is 1. The summed E-state index contributed by atoms with van der Waals surface area (Å²) in [4.78, 5) is 23.6. The van der Waals surface area contributed by atoms with Crippen LogP contribution in [0.4, 0.5) is 0 Å². The molecule has 8 heteroatoms. The van der Waals surface area contributed by atoms with Gasteiger partial charge in [-0.2, -0.15) is 0 Å². The number of hydrogen-bond acceptors (Lipinski definition) is 6. The molecule has 6 nitrogen and oxygen atoms in total. The van der Waals surface area contributed by atoms with Gasteiger partial charge in [-0.1, -0.05) is 30.4 Å². The number of aryl methyl sites for hydroxylation is 1. The van der Waals surface area contributed by atoms with Crippen LogP contribution in [-0.4, -0.2) is 29.9 Å². The maximum absolute atomic E-state index is 11.0. The average molecular weight is 422 g/mol. The van der Waals surface area contributed by atoms with Crippen LogP contribution in [0.5, 0.6) is 5.75 Å². The highest BCUT2D eigenvalue weighted by Gasteiger charge is 2.21. The molecule has 3 N–H and O–H groups in total. The van der Waals surface area contributed by atoms with E-state index in [4.69, 9.17) is 27.2 Å². The van der Waals surface area contributed by atoms with Gasteiger partial charge in [-0.05, 0) is 49.2 Å². The maximum atomic E-state index is 11.0. The highest BCUT2D eigenvalue weighted by Crippen LogP contribution is 2.20. The second kappa shape index (κ2) is 10.7. The Morgan fingerprint density at radius 3 is 2.64 bits per heavy atom. The van der Waals surface area contributed by atoms with E-state index in [0.717, 1.165) is 16.2 Å². The van der Waals surface area contributed by atoms with Gasteiger partial charge in [0, 0.05) is 15.8 Å². The van der Waals surface area contributed by atoms with Gasteiger partial charge in [0.1, 0.15) is 12.4 Å². The number of carbonyl (C=O) groups excluding carboxylic acids is 1. The van der Waals surface area contributed by atoms with Gasteiger partial charge >= 0.3 is 11.9 Å². The van der Waals surface area contributed by atoms with Crippen LogP contribution in [0.3, 0.4) is 0 Å². The molecule has 0 aliphatic heterocycles. The lowest BCUT2D eigenvalue weighted by Crippen LogP contribution is -2.36. The summed E-state index contributed by atoms with van der Waals surface area (Å²) in [5.41, 5.74) is 5.72. The van der Waals surface area contributed by atoms with Gasteiger partial charge in [0.15, 0.2) is 6.23 Å². The SMILES string of the molecule is C[C@H](CCc1ccc(C#CCOc2ccc(Cl)cc2)s1)C(N)OC(=O)C(=O)O. The van der Waals surface area contributed by atoms with Gasteiger partial charge in [-0.3, -0.25) is 5.73 Å². The highest BCUT2D eigenvalue weighted by atomic mass is 35.5. The lowest BCUT2D eigenvalue weighted by molar-refractivity contribution is -0.168. The lowest BCUT2D eigenvalue weighted by atomic mass is 10.0. The fraction of sp³-hybridized carbons (Fsp3) is 0.300. The largest absolute Gasteiger partial charge is 0.481 e. The zero-order valence-electron chi connectivity index (χ0n) is 15.2. The Balaban J connectivity index is 1.77. The molecule has 0 saturated carbocycles. The Morgan fingerprint density at radius 1 is 1.25 bits per heavy atom. The van der Waals surface area contributed by atoms with Crippen molar-refractivity contribution in [1.82, 2.24) is 0 Å². The van der Waals surface area contributed by atoms with Crippen molar-refractivity contribution in [3.63, 3.8) is 0 Å². The molecule has 1 aromatic carbocycles. The number of ether oxygens (including phenoxy) is 2. The fourth-order valence-corrected chi connectivity index (χ4v) is 3.20. The van der Waals surface area contributed by atoms with E-state index >= 15 is 0 Å². The number of aliphatic carboxylic acids is 1. The molecule has 0 fully saturated rings. The van der Waals surface area contributed by atoms with Gasteiger partial charge in [0.2, 0.25) is 0 Å². The van der Waals surface area contributed by atoms with E-state index in [2.05, 4.69) is 16.6 Å². The molecule has 0 spiro atoms. The summed E-state index contributed by atoms with van der Waals surface area (Å²) in [6, 6.07) is 11.0. The summed E-state index contributed by atoms with van der Waals surface area (Å²) in [6.45, 7) is 2.08. The number of thiophene rings is 1. The van der Waals surface area contributed by atoms with Crippen LogP contribution >= 0.6 is 22.9 Å². The number of carboxylic acids is 1. The average Bonchev–Trinajstić information content (AvgIpc) is 3.12. The van der Waals surface area contributed by atoms with E-state index in [9.17, 15) is 9.59 Å². The second-order valence-corrected chi connectivity index (χ2v) is 7.61. The molecule has 0 amide bonds. The first-order chi connectivity index (χ1) is 13.3. The van der Waals surface area contributed by atoms with Crippen molar-refractivity contribution in [2.45, 2.75) is 26.0 Å². The van der Waals surface area contributed by atoms with Crippen molar-refractivity contribution >= 4 is 34.9 Å². The molecule has 1 unspecified atom stereocenters. The van der Waals surface area contributed by atoms with Gasteiger partial charge in [-0.15, -0.1) is 11.3 Å². The molecule has 1 heterocycles. The molecule has 148 valence electrons. The Kier molecular flexibility index (Phi) is 8.33. The Bertz CT molecular complexity index is 869. The standard InChI is InChI=1S/C20H20ClNO5S/c1-13(18(22)27-20(25)19(23)24)4-9-17-11-10-16(28-17)3-2-12-26-15-7-5-14(21)6-8-15/h5-8,10-11,13,18H,4,9,12,22H2,1H3,(H,23,24)/t13-,18?/m1/s1. The van der Waals surface area contributed by atoms with Crippen LogP contribution in [0.15, 0.2) is 36.4 Å². The third-order valence-electron chi connectivity index (χ3n) is 3.82. The minimum absolute atomic E-state index is 0.173. The molecular weight excluding hydrogens is 402 g/mol. The molecule has 2 atom stereocenters. The molecule has 0 saturated heterocycles. The lowest BCUT2D eigenvalue weighted by Gasteiger charge is -2.18. The Morgan fingerprint density at radius 2 is 1.96 bits per heavy atom. The first-order valence-electron chi connectivity index (χ1n) is 8.50. The molecular formula is C20H20ClNO5S. The smallest absolute Gasteiger partial charge is 0.418 e. The Labute approximate surface area is 172 Å². The highest BCUT2D eigenvalue weighted by molar-refractivity contribution is 7.12. The topological polar surface area (TPSA) is 98.9 Å². The van der Waals surface area contributed by atoms with E-state index in [1.807, 2.05) is 19.1 Å². The first kappa shape index (κ1) is 21.8. The van der Waals surface area contributed by atoms with E-state index < -0.39 is 18.2 Å². The quantitative estimate of drug-likeness (QED) is 0.308. The number of hydrogen-bond donors (Lipinski definition) is 2. The fourth-order valence-electron chi connectivity index (χ4n) is 2.18. The summed E-state index contributed by atoms with van der Waals surface area (Å²) in [5.74, 6) is 3.57. The van der Waals surface area contributed by atoms with Crippen molar-refractivity contribution in [2.75, 3.05) is 6.61 Å². The number of esters is 1. The molecule has 1 aromatic heterocycles. The van der Waals surface area contributed by atoms with Gasteiger partial charge < -0.3 is 14.6 Å². The predicted octanol–water partition coefficient (Wildman–Crippen LogP) is 3.31. The molecule has 0 bridgehead atoms. The van der Waals surface area contributed by atoms with E-state index in [1.165, 1.54) is 0 Å². The molecule has 0 aliphatic carbocycles. The van der Waals surface area contributed by atoms with Crippen molar-refractivity contribution in [1.29, 1.82) is 0 Å². The number of rotatable bonds is 7. The van der Waals surface area contributed by atoms with Gasteiger partial charge in [0.05, 0.1) is 4.88 Å². The van der Waals surface area contributed by atoms with Crippen molar-refractivity contribution < 1.29 is 24.2 Å².